The third-order valence-electron chi connectivity index (χ3n) is 2.72. The lowest BCUT2D eigenvalue weighted by Gasteiger charge is -2.17. The topological polar surface area (TPSA) is 24.9 Å². The van der Waals surface area contributed by atoms with Gasteiger partial charge in [-0.05, 0) is 46.7 Å². The lowest BCUT2D eigenvalue weighted by atomic mass is 10.1. The van der Waals surface area contributed by atoms with Gasteiger partial charge >= 0.3 is 0 Å². The molecule has 0 radical (unpaired) electrons. The molecule has 0 aromatic carbocycles. The third-order valence-corrected chi connectivity index (χ3v) is 4.91. The van der Waals surface area contributed by atoms with Crippen LogP contribution in [0.15, 0.2) is 16.6 Å². The molecule has 0 saturated carbocycles. The van der Waals surface area contributed by atoms with Gasteiger partial charge in [-0.2, -0.15) is 11.8 Å². The SMILES string of the molecule is Cc1nc(NC2CSCC2C)ccc1Br. The molecule has 0 amide bonds. The summed E-state index contributed by atoms with van der Waals surface area (Å²) >= 11 is 5.48. The first kappa shape index (κ1) is 11.3. The fourth-order valence-electron chi connectivity index (χ4n) is 1.66. The van der Waals surface area contributed by atoms with Crippen LogP contribution in [-0.2, 0) is 0 Å². The number of rotatable bonds is 2. The van der Waals surface area contributed by atoms with Gasteiger partial charge in [0.2, 0.25) is 0 Å². The summed E-state index contributed by atoms with van der Waals surface area (Å²) in [6.45, 7) is 4.31. The number of nitrogens with one attached hydrogen (secondary N) is 1. The van der Waals surface area contributed by atoms with Crippen LogP contribution < -0.4 is 5.32 Å². The summed E-state index contributed by atoms with van der Waals surface area (Å²) in [4.78, 5) is 4.50. The van der Waals surface area contributed by atoms with E-state index in [9.17, 15) is 0 Å². The van der Waals surface area contributed by atoms with Crippen LogP contribution >= 0.6 is 27.7 Å². The van der Waals surface area contributed by atoms with Crippen molar-refractivity contribution in [3.8, 4) is 0 Å². The van der Waals surface area contributed by atoms with Gasteiger partial charge in [-0.25, -0.2) is 4.98 Å². The molecule has 1 fully saturated rings. The predicted molar refractivity (Wildman–Crippen MR) is 70.6 cm³/mol. The molecule has 1 aliphatic heterocycles. The number of thioether (sulfide) groups is 1. The van der Waals surface area contributed by atoms with E-state index < -0.39 is 0 Å². The molecule has 4 heteroatoms. The standard InChI is InChI=1S/C11H15BrN2S/c1-7-5-15-6-10(7)14-11-4-3-9(12)8(2)13-11/h3-4,7,10H,5-6H2,1-2H3,(H,13,14). The van der Waals surface area contributed by atoms with Gasteiger partial charge < -0.3 is 5.32 Å². The fraction of sp³-hybridized carbons (Fsp3) is 0.545. The van der Waals surface area contributed by atoms with E-state index in [-0.39, 0.29) is 0 Å². The number of aromatic nitrogens is 1. The van der Waals surface area contributed by atoms with Gasteiger partial charge in [0.15, 0.2) is 0 Å². The van der Waals surface area contributed by atoms with Crippen LogP contribution in [0.4, 0.5) is 5.82 Å². The van der Waals surface area contributed by atoms with E-state index in [2.05, 4.69) is 39.2 Å². The van der Waals surface area contributed by atoms with Gasteiger partial charge in [0.1, 0.15) is 5.82 Å². The van der Waals surface area contributed by atoms with Gasteiger partial charge in [-0.3, -0.25) is 0 Å². The molecule has 2 heterocycles. The highest BCUT2D eigenvalue weighted by Crippen LogP contribution is 2.26. The van der Waals surface area contributed by atoms with E-state index >= 15 is 0 Å². The Morgan fingerprint density at radius 1 is 1.47 bits per heavy atom. The Labute approximate surface area is 103 Å². The second-order valence-corrected chi connectivity index (χ2v) is 5.96. The van der Waals surface area contributed by atoms with E-state index in [0.717, 1.165) is 21.9 Å². The molecule has 0 aliphatic carbocycles. The van der Waals surface area contributed by atoms with E-state index in [4.69, 9.17) is 0 Å². The molecule has 2 rings (SSSR count). The zero-order chi connectivity index (χ0) is 10.8. The second-order valence-electron chi connectivity index (χ2n) is 4.03. The van der Waals surface area contributed by atoms with E-state index in [1.54, 1.807) is 0 Å². The first-order valence-corrected chi connectivity index (χ1v) is 7.09. The molecule has 2 atom stereocenters. The van der Waals surface area contributed by atoms with Crippen LogP contribution in [0.25, 0.3) is 0 Å². The normalized spacial score (nSPS) is 25.5. The number of pyridine rings is 1. The van der Waals surface area contributed by atoms with Crippen LogP contribution in [0.1, 0.15) is 12.6 Å². The lowest BCUT2D eigenvalue weighted by molar-refractivity contribution is 0.597. The molecule has 1 aliphatic rings. The summed E-state index contributed by atoms with van der Waals surface area (Å²) in [5, 5.41) is 3.51. The van der Waals surface area contributed by atoms with Crippen LogP contribution in [0.5, 0.6) is 0 Å². The summed E-state index contributed by atoms with van der Waals surface area (Å²) < 4.78 is 1.07. The molecule has 0 bridgehead atoms. The van der Waals surface area contributed by atoms with Crippen LogP contribution in [0, 0.1) is 12.8 Å². The summed E-state index contributed by atoms with van der Waals surface area (Å²) in [6, 6.07) is 4.66. The van der Waals surface area contributed by atoms with Crippen LogP contribution in [0.3, 0.4) is 0 Å². The molecule has 1 N–H and O–H groups in total. The maximum absolute atomic E-state index is 4.50. The summed E-state index contributed by atoms with van der Waals surface area (Å²) in [5.41, 5.74) is 1.04. The number of aryl methyl sites for hydroxylation is 1. The molecule has 82 valence electrons. The van der Waals surface area contributed by atoms with Crippen molar-refractivity contribution < 1.29 is 0 Å². The summed E-state index contributed by atoms with van der Waals surface area (Å²) in [5.74, 6) is 4.18. The van der Waals surface area contributed by atoms with E-state index in [1.807, 2.05) is 24.8 Å². The minimum Gasteiger partial charge on any atom is -0.366 e. The van der Waals surface area contributed by atoms with Gasteiger partial charge in [0.25, 0.3) is 0 Å². The fourth-order valence-corrected chi connectivity index (χ4v) is 3.29. The van der Waals surface area contributed by atoms with Crippen molar-refractivity contribution >= 4 is 33.5 Å². The highest BCUT2D eigenvalue weighted by Gasteiger charge is 2.23. The monoisotopic (exact) mass is 286 g/mol. The smallest absolute Gasteiger partial charge is 0.126 e. The average molecular weight is 287 g/mol. The number of anilines is 1. The second kappa shape index (κ2) is 4.74. The molecule has 15 heavy (non-hydrogen) atoms. The van der Waals surface area contributed by atoms with Crippen LogP contribution in [0.2, 0.25) is 0 Å². The third kappa shape index (κ3) is 2.67. The lowest BCUT2D eigenvalue weighted by Crippen LogP contribution is -2.26. The van der Waals surface area contributed by atoms with Gasteiger partial charge in [0.05, 0.1) is 5.69 Å². The highest BCUT2D eigenvalue weighted by atomic mass is 79.9. The summed E-state index contributed by atoms with van der Waals surface area (Å²) in [6.07, 6.45) is 0. The molecule has 0 spiro atoms. The Morgan fingerprint density at radius 3 is 2.87 bits per heavy atom. The predicted octanol–water partition coefficient (Wildman–Crippen LogP) is 3.32. The highest BCUT2D eigenvalue weighted by molar-refractivity contribution is 9.10. The Hall–Kier alpha value is -0.220. The molecule has 2 unspecified atom stereocenters. The maximum atomic E-state index is 4.50. The first-order chi connectivity index (χ1) is 7.16. The van der Waals surface area contributed by atoms with Crippen molar-refractivity contribution in [1.82, 2.24) is 4.98 Å². The minimum absolute atomic E-state index is 0.572. The Balaban J connectivity index is 2.07. The first-order valence-electron chi connectivity index (χ1n) is 5.14. The van der Waals surface area contributed by atoms with Gasteiger partial charge in [-0.15, -0.1) is 0 Å². The summed E-state index contributed by atoms with van der Waals surface area (Å²) in [7, 11) is 0. The van der Waals surface area contributed by atoms with Crippen molar-refractivity contribution in [1.29, 1.82) is 0 Å². The molecule has 1 saturated heterocycles. The molecular weight excluding hydrogens is 272 g/mol. The van der Waals surface area contributed by atoms with Crippen molar-refractivity contribution in [3.63, 3.8) is 0 Å². The maximum Gasteiger partial charge on any atom is 0.126 e. The average Bonchev–Trinajstić information content (AvgIpc) is 2.59. The molecule has 1 aromatic rings. The molecule has 1 aromatic heterocycles. The quantitative estimate of drug-likeness (QED) is 0.903. The van der Waals surface area contributed by atoms with E-state index in [1.165, 1.54) is 11.5 Å². The van der Waals surface area contributed by atoms with Crippen molar-refractivity contribution in [2.75, 3.05) is 16.8 Å². The minimum atomic E-state index is 0.572. The van der Waals surface area contributed by atoms with E-state index in [0.29, 0.717) is 6.04 Å². The Morgan fingerprint density at radius 2 is 2.27 bits per heavy atom. The number of halogens is 1. The van der Waals surface area contributed by atoms with Crippen molar-refractivity contribution in [2.45, 2.75) is 19.9 Å². The Kier molecular flexibility index (Phi) is 3.57. The number of nitrogens with zero attached hydrogens (tertiary/aromatic N) is 1. The molecule has 2 nitrogen and oxygen atoms in total. The zero-order valence-corrected chi connectivity index (χ0v) is 11.4. The number of hydrogen-bond donors (Lipinski definition) is 1. The van der Waals surface area contributed by atoms with Gasteiger partial charge in [-0.1, -0.05) is 6.92 Å². The Bertz CT molecular complexity index is 356. The number of hydrogen-bond acceptors (Lipinski definition) is 3. The van der Waals surface area contributed by atoms with Gasteiger partial charge in [0, 0.05) is 16.3 Å². The zero-order valence-electron chi connectivity index (χ0n) is 8.96. The van der Waals surface area contributed by atoms with Crippen molar-refractivity contribution in [2.24, 2.45) is 5.92 Å². The molecular formula is C11H15BrN2S. The van der Waals surface area contributed by atoms with Crippen molar-refractivity contribution in [3.05, 3.63) is 22.3 Å². The largest absolute Gasteiger partial charge is 0.366 e. The van der Waals surface area contributed by atoms with Crippen LogP contribution in [-0.4, -0.2) is 22.5 Å².